The van der Waals surface area contributed by atoms with Crippen LogP contribution in [0.3, 0.4) is 0 Å². The number of benzene rings is 1. The lowest BCUT2D eigenvalue weighted by Gasteiger charge is -2.19. The Hall–Kier alpha value is -2.60. The van der Waals surface area contributed by atoms with E-state index in [0.717, 1.165) is 6.54 Å². The van der Waals surface area contributed by atoms with E-state index in [1.807, 2.05) is 6.92 Å². The lowest BCUT2D eigenvalue weighted by Crippen LogP contribution is -2.34. The number of likely N-dealkylation sites (N-methyl/N-ethyl adjacent to an activating group) is 1. The number of rotatable bonds is 7. The molecule has 1 heterocycles. The van der Waals surface area contributed by atoms with E-state index in [1.54, 1.807) is 43.4 Å². The second kappa shape index (κ2) is 8.14. The van der Waals surface area contributed by atoms with Crippen molar-refractivity contribution in [1.82, 2.24) is 10.6 Å². The summed E-state index contributed by atoms with van der Waals surface area (Å²) in [5, 5.41) is 5.98. The van der Waals surface area contributed by atoms with Crippen LogP contribution in [0.4, 0.5) is 5.69 Å². The van der Waals surface area contributed by atoms with Gasteiger partial charge in [0.1, 0.15) is 0 Å². The lowest BCUT2D eigenvalue weighted by molar-refractivity contribution is 0.0954. The molecule has 1 aromatic carbocycles. The van der Waals surface area contributed by atoms with Gasteiger partial charge in [0.2, 0.25) is 0 Å². The van der Waals surface area contributed by atoms with Crippen molar-refractivity contribution in [2.75, 3.05) is 31.6 Å². The van der Waals surface area contributed by atoms with Crippen molar-refractivity contribution in [2.24, 2.45) is 0 Å². The molecule has 2 rings (SSSR count). The molecule has 1 aromatic heterocycles. The second-order valence-corrected chi connectivity index (χ2v) is 4.97. The molecule has 0 atom stereocenters. The van der Waals surface area contributed by atoms with Gasteiger partial charge in [-0.05, 0) is 30.8 Å². The Morgan fingerprint density at radius 2 is 1.91 bits per heavy atom. The molecule has 0 bridgehead atoms. The molecule has 0 spiro atoms. The predicted octanol–water partition coefficient (Wildman–Crippen LogP) is 1.90. The van der Waals surface area contributed by atoms with Gasteiger partial charge >= 0.3 is 0 Å². The minimum atomic E-state index is -0.303. The third-order valence-electron chi connectivity index (χ3n) is 3.38. The number of nitrogens with zero attached hydrogens (tertiary/aromatic N) is 1. The maximum atomic E-state index is 12.4. The van der Waals surface area contributed by atoms with Crippen LogP contribution in [0.5, 0.6) is 0 Å². The van der Waals surface area contributed by atoms with E-state index in [1.165, 1.54) is 11.2 Å². The van der Waals surface area contributed by atoms with E-state index in [9.17, 15) is 9.59 Å². The van der Waals surface area contributed by atoms with Crippen LogP contribution in [0.15, 0.2) is 47.1 Å². The first-order valence-corrected chi connectivity index (χ1v) is 7.54. The van der Waals surface area contributed by atoms with Crippen molar-refractivity contribution in [3.8, 4) is 0 Å². The van der Waals surface area contributed by atoms with Crippen molar-refractivity contribution in [3.05, 3.63) is 54.0 Å². The van der Waals surface area contributed by atoms with E-state index >= 15 is 0 Å². The standard InChI is InChI=1S/C17H21N3O3/c1-3-18-10-11-19-16(21)13-7-4-5-8-14(13)20(2)17(22)15-9-6-12-23-15/h4-9,12,18H,3,10-11H2,1-2H3,(H,19,21). The highest BCUT2D eigenvalue weighted by Gasteiger charge is 2.20. The summed E-state index contributed by atoms with van der Waals surface area (Å²) >= 11 is 0. The van der Waals surface area contributed by atoms with Crippen LogP contribution in [0, 0.1) is 0 Å². The van der Waals surface area contributed by atoms with Crippen molar-refractivity contribution < 1.29 is 14.0 Å². The van der Waals surface area contributed by atoms with Crippen molar-refractivity contribution in [3.63, 3.8) is 0 Å². The quantitative estimate of drug-likeness (QED) is 0.765. The van der Waals surface area contributed by atoms with Gasteiger partial charge in [0.15, 0.2) is 5.76 Å². The maximum Gasteiger partial charge on any atom is 0.293 e. The molecule has 6 nitrogen and oxygen atoms in total. The van der Waals surface area contributed by atoms with Crippen molar-refractivity contribution >= 4 is 17.5 Å². The van der Waals surface area contributed by atoms with Crippen LogP contribution in [-0.2, 0) is 0 Å². The zero-order chi connectivity index (χ0) is 16.7. The van der Waals surface area contributed by atoms with E-state index in [0.29, 0.717) is 24.3 Å². The number of furan rings is 1. The molecule has 0 aliphatic carbocycles. The monoisotopic (exact) mass is 315 g/mol. The number of hydrogen-bond acceptors (Lipinski definition) is 4. The van der Waals surface area contributed by atoms with Crippen molar-refractivity contribution in [2.45, 2.75) is 6.92 Å². The molecule has 23 heavy (non-hydrogen) atoms. The first kappa shape index (κ1) is 16.8. The third kappa shape index (κ3) is 4.20. The summed E-state index contributed by atoms with van der Waals surface area (Å²) in [5.74, 6) is -0.282. The first-order chi connectivity index (χ1) is 11.1. The highest BCUT2D eigenvalue weighted by molar-refractivity contribution is 6.09. The number of para-hydroxylation sites is 1. The van der Waals surface area contributed by atoms with Gasteiger partial charge in [-0.1, -0.05) is 19.1 Å². The Bertz CT molecular complexity index is 653. The number of carbonyl (C=O) groups is 2. The first-order valence-electron chi connectivity index (χ1n) is 7.54. The highest BCUT2D eigenvalue weighted by atomic mass is 16.3. The molecule has 2 N–H and O–H groups in total. The van der Waals surface area contributed by atoms with E-state index < -0.39 is 0 Å². The van der Waals surface area contributed by atoms with Gasteiger partial charge in [0.05, 0.1) is 17.5 Å². The van der Waals surface area contributed by atoms with Gasteiger partial charge in [-0.15, -0.1) is 0 Å². The fourth-order valence-electron chi connectivity index (χ4n) is 2.17. The Balaban J connectivity index is 2.13. The van der Waals surface area contributed by atoms with Crippen molar-refractivity contribution in [1.29, 1.82) is 0 Å². The molecule has 0 unspecified atom stereocenters. The van der Waals surface area contributed by atoms with Gasteiger partial charge in [0.25, 0.3) is 11.8 Å². The summed E-state index contributed by atoms with van der Waals surface area (Å²) in [6.07, 6.45) is 1.44. The second-order valence-electron chi connectivity index (χ2n) is 4.97. The summed E-state index contributed by atoms with van der Waals surface area (Å²) in [6.45, 7) is 4.08. The SMILES string of the molecule is CCNCCNC(=O)c1ccccc1N(C)C(=O)c1ccco1. The topological polar surface area (TPSA) is 74.6 Å². The molecule has 0 saturated carbocycles. The summed E-state index contributed by atoms with van der Waals surface area (Å²) in [5.41, 5.74) is 0.987. The lowest BCUT2D eigenvalue weighted by atomic mass is 10.1. The molecular formula is C17H21N3O3. The molecular weight excluding hydrogens is 294 g/mol. The van der Waals surface area contributed by atoms with Crippen LogP contribution in [0.1, 0.15) is 27.8 Å². The molecule has 0 aliphatic rings. The van der Waals surface area contributed by atoms with E-state index in [4.69, 9.17) is 4.42 Å². The zero-order valence-electron chi connectivity index (χ0n) is 13.3. The number of amides is 2. The summed E-state index contributed by atoms with van der Waals surface area (Å²) in [4.78, 5) is 26.1. The maximum absolute atomic E-state index is 12.4. The molecule has 0 radical (unpaired) electrons. The smallest absolute Gasteiger partial charge is 0.293 e. The Labute approximate surface area is 135 Å². The minimum absolute atomic E-state index is 0.211. The van der Waals surface area contributed by atoms with Crippen LogP contribution in [-0.4, -0.2) is 38.5 Å². The molecule has 2 aromatic rings. The van der Waals surface area contributed by atoms with Gasteiger partial charge < -0.3 is 20.0 Å². The largest absolute Gasteiger partial charge is 0.459 e. The summed E-state index contributed by atoms with van der Waals surface area (Å²) in [7, 11) is 1.62. The normalized spacial score (nSPS) is 10.3. The van der Waals surface area contributed by atoms with E-state index in [-0.39, 0.29) is 17.6 Å². The van der Waals surface area contributed by atoms with Gasteiger partial charge in [-0.25, -0.2) is 0 Å². The molecule has 6 heteroatoms. The minimum Gasteiger partial charge on any atom is -0.459 e. The third-order valence-corrected chi connectivity index (χ3v) is 3.38. The average molecular weight is 315 g/mol. The van der Waals surface area contributed by atoms with Gasteiger partial charge in [-0.2, -0.15) is 0 Å². The molecule has 122 valence electrons. The van der Waals surface area contributed by atoms with Crippen LogP contribution < -0.4 is 15.5 Å². The van der Waals surface area contributed by atoms with E-state index in [2.05, 4.69) is 10.6 Å². The zero-order valence-corrected chi connectivity index (χ0v) is 13.3. The number of anilines is 1. The number of hydrogen-bond donors (Lipinski definition) is 2. The number of carbonyl (C=O) groups excluding carboxylic acids is 2. The van der Waals surface area contributed by atoms with Crippen LogP contribution >= 0.6 is 0 Å². The van der Waals surface area contributed by atoms with Crippen LogP contribution in [0.25, 0.3) is 0 Å². The van der Waals surface area contributed by atoms with Gasteiger partial charge in [-0.3, -0.25) is 9.59 Å². The Morgan fingerprint density at radius 3 is 2.61 bits per heavy atom. The molecule has 0 saturated heterocycles. The Kier molecular flexibility index (Phi) is 5.94. The van der Waals surface area contributed by atoms with Crippen LogP contribution in [0.2, 0.25) is 0 Å². The fourth-order valence-corrected chi connectivity index (χ4v) is 2.17. The predicted molar refractivity (Wildman–Crippen MR) is 88.8 cm³/mol. The number of nitrogens with one attached hydrogen (secondary N) is 2. The fraction of sp³-hybridized carbons (Fsp3) is 0.294. The highest BCUT2D eigenvalue weighted by Crippen LogP contribution is 2.21. The molecule has 0 fully saturated rings. The average Bonchev–Trinajstić information content (AvgIpc) is 3.11. The Morgan fingerprint density at radius 1 is 1.13 bits per heavy atom. The summed E-state index contributed by atoms with van der Waals surface area (Å²) < 4.78 is 5.13. The van der Waals surface area contributed by atoms with Gasteiger partial charge in [0, 0.05) is 20.1 Å². The summed E-state index contributed by atoms with van der Waals surface area (Å²) in [6, 6.07) is 10.2. The molecule has 0 aliphatic heterocycles. The molecule has 2 amide bonds.